The van der Waals surface area contributed by atoms with Crippen LogP contribution in [0.5, 0.6) is 0 Å². The van der Waals surface area contributed by atoms with Gasteiger partial charge in [-0.25, -0.2) is 14.1 Å². The van der Waals surface area contributed by atoms with E-state index in [1.165, 1.54) is 28.9 Å². The summed E-state index contributed by atoms with van der Waals surface area (Å²) in [6, 6.07) is 14.9. The number of rotatable bonds is 8. The zero-order valence-corrected chi connectivity index (χ0v) is 20.0. The molecule has 35 heavy (non-hydrogen) atoms. The number of hydrogen-bond acceptors (Lipinski definition) is 6. The van der Waals surface area contributed by atoms with Crippen LogP contribution in [-0.4, -0.2) is 37.3 Å². The lowest BCUT2D eigenvalue weighted by Crippen LogP contribution is -2.21. The van der Waals surface area contributed by atoms with Crippen LogP contribution in [0.15, 0.2) is 72.1 Å². The van der Waals surface area contributed by atoms with Crippen molar-refractivity contribution in [1.29, 1.82) is 0 Å². The van der Waals surface area contributed by atoms with Crippen LogP contribution >= 0.6 is 11.8 Å². The molecule has 0 fully saturated rings. The molecule has 0 bridgehead atoms. The fraction of sp³-hybridized carbons (Fsp3) is 0.160. The van der Waals surface area contributed by atoms with Crippen LogP contribution in [0, 0.1) is 19.7 Å². The molecule has 0 spiro atoms. The molecule has 0 aliphatic carbocycles. The van der Waals surface area contributed by atoms with Crippen LogP contribution in [0.1, 0.15) is 11.1 Å². The molecule has 0 atom stereocenters. The lowest BCUT2D eigenvalue weighted by atomic mass is 10.1. The van der Waals surface area contributed by atoms with Crippen molar-refractivity contribution in [2.75, 3.05) is 16.4 Å². The standard InChI is InChI=1S/C25H23FN6O2S/c1-16-11-17(2)13-21(12-16)29-22(33)14-32-25(30-24(31-32)18-7-9-27-10-8-18)35-15-23(34)28-20-5-3-19(26)4-6-20/h3-13H,14-15H2,1-2H3,(H,28,34)(H,29,33). The maximum Gasteiger partial charge on any atom is 0.246 e. The molecule has 2 aromatic heterocycles. The molecular formula is C25H23FN6O2S. The van der Waals surface area contributed by atoms with Crippen molar-refractivity contribution >= 4 is 35.0 Å². The maximum absolute atomic E-state index is 13.1. The van der Waals surface area contributed by atoms with Crippen molar-refractivity contribution in [3.8, 4) is 11.4 Å². The molecule has 4 aromatic rings. The van der Waals surface area contributed by atoms with E-state index in [0.29, 0.717) is 22.4 Å². The Bertz CT molecular complexity index is 1320. The molecule has 8 nitrogen and oxygen atoms in total. The van der Waals surface area contributed by atoms with Crippen LogP contribution < -0.4 is 10.6 Å². The van der Waals surface area contributed by atoms with Gasteiger partial charge in [0.2, 0.25) is 11.8 Å². The highest BCUT2D eigenvalue weighted by Crippen LogP contribution is 2.22. The molecule has 0 radical (unpaired) electrons. The van der Waals surface area contributed by atoms with Crippen LogP contribution in [0.25, 0.3) is 11.4 Å². The number of anilines is 2. The number of aromatic nitrogens is 4. The zero-order chi connectivity index (χ0) is 24.8. The number of halogens is 1. The quantitative estimate of drug-likeness (QED) is 0.354. The fourth-order valence-electron chi connectivity index (χ4n) is 3.40. The molecule has 2 heterocycles. The summed E-state index contributed by atoms with van der Waals surface area (Å²) in [7, 11) is 0. The van der Waals surface area contributed by atoms with Crippen LogP contribution in [0.3, 0.4) is 0 Å². The Labute approximate surface area is 206 Å². The van der Waals surface area contributed by atoms with E-state index >= 15 is 0 Å². The van der Waals surface area contributed by atoms with Crippen LogP contribution in [0.2, 0.25) is 0 Å². The van der Waals surface area contributed by atoms with Gasteiger partial charge < -0.3 is 10.6 Å². The molecule has 0 aliphatic heterocycles. The molecule has 4 rings (SSSR count). The van der Waals surface area contributed by atoms with Gasteiger partial charge in [-0.05, 0) is 73.5 Å². The highest BCUT2D eigenvalue weighted by molar-refractivity contribution is 7.99. The second-order valence-electron chi connectivity index (χ2n) is 7.88. The summed E-state index contributed by atoms with van der Waals surface area (Å²) in [4.78, 5) is 33.7. The Kier molecular flexibility index (Phi) is 7.51. The lowest BCUT2D eigenvalue weighted by molar-refractivity contribution is -0.117. The largest absolute Gasteiger partial charge is 0.325 e. The Morgan fingerprint density at radius 1 is 0.914 bits per heavy atom. The van der Waals surface area contributed by atoms with Crippen molar-refractivity contribution in [2.45, 2.75) is 25.5 Å². The Hall–Kier alpha value is -4.05. The van der Waals surface area contributed by atoms with E-state index in [1.807, 2.05) is 32.0 Å². The second kappa shape index (κ2) is 10.9. The molecule has 2 amide bonds. The molecule has 0 saturated heterocycles. The highest BCUT2D eigenvalue weighted by atomic mass is 32.2. The Morgan fingerprint density at radius 3 is 2.26 bits per heavy atom. The van der Waals surface area contributed by atoms with Gasteiger partial charge in [0.05, 0.1) is 5.75 Å². The van der Waals surface area contributed by atoms with Crippen LogP contribution in [0.4, 0.5) is 15.8 Å². The summed E-state index contributed by atoms with van der Waals surface area (Å²) in [6.45, 7) is 3.85. The first-order valence-electron chi connectivity index (χ1n) is 10.8. The maximum atomic E-state index is 13.1. The number of benzene rings is 2. The van der Waals surface area contributed by atoms with Crippen molar-refractivity contribution in [1.82, 2.24) is 19.7 Å². The Balaban J connectivity index is 1.48. The van der Waals surface area contributed by atoms with E-state index in [9.17, 15) is 14.0 Å². The lowest BCUT2D eigenvalue weighted by Gasteiger charge is -2.09. The van der Waals surface area contributed by atoms with Gasteiger partial charge in [0.25, 0.3) is 0 Å². The van der Waals surface area contributed by atoms with E-state index in [0.717, 1.165) is 28.5 Å². The van der Waals surface area contributed by atoms with Gasteiger partial charge >= 0.3 is 0 Å². The number of nitrogens with zero attached hydrogens (tertiary/aromatic N) is 4. The minimum atomic E-state index is -0.381. The summed E-state index contributed by atoms with van der Waals surface area (Å²) in [5.74, 6) is -0.480. The highest BCUT2D eigenvalue weighted by Gasteiger charge is 2.17. The SMILES string of the molecule is Cc1cc(C)cc(NC(=O)Cn2nc(-c3ccncc3)nc2SCC(=O)Nc2ccc(F)cc2)c1. The predicted octanol–water partition coefficient (Wildman–Crippen LogP) is 4.47. The number of pyridine rings is 1. The third-order valence-corrected chi connectivity index (χ3v) is 5.80. The third kappa shape index (κ3) is 6.73. The van der Waals surface area contributed by atoms with Gasteiger partial charge in [-0.3, -0.25) is 14.6 Å². The number of thioether (sulfide) groups is 1. The molecule has 0 aliphatic rings. The van der Waals surface area contributed by atoms with Gasteiger partial charge in [0, 0.05) is 29.3 Å². The van der Waals surface area contributed by atoms with Crippen molar-refractivity contribution in [2.24, 2.45) is 0 Å². The molecule has 2 aromatic carbocycles. The third-order valence-electron chi connectivity index (χ3n) is 4.84. The zero-order valence-electron chi connectivity index (χ0n) is 19.2. The van der Waals surface area contributed by atoms with Crippen molar-refractivity contribution < 1.29 is 14.0 Å². The molecular weight excluding hydrogens is 467 g/mol. The second-order valence-corrected chi connectivity index (χ2v) is 8.82. The van der Waals surface area contributed by atoms with E-state index in [2.05, 4.69) is 25.7 Å². The average molecular weight is 491 g/mol. The number of nitrogens with one attached hydrogen (secondary N) is 2. The summed E-state index contributed by atoms with van der Waals surface area (Å²) >= 11 is 1.15. The first kappa shape index (κ1) is 24.1. The number of amides is 2. The normalized spacial score (nSPS) is 10.7. The van der Waals surface area contributed by atoms with Gasteiger partial charge in [0.1, 0.15) is 12.4 Å². The van der Waals surface area contributed by atoms with E-state index in [1.54, 1.807) is 24.5 Å². The molecule has 2 N–H and O–H groups in total. The molecule has 0 unspecified atom stereocenters. The van der Waals surface area contributed by atoms with Crippen molar-refractivity contribution in [3.05, 3.63) is 83.9 Å². The minimum absolute atomic E-state index is 0.0323. The van der Waals surface area contributed by atoms with Crippen LogP contribution in [-0.2, 0) is 16.1 Å². The average Bonchev–Trinajstić information content (AvgIpc) is 3.21. The van der Waals surface area contributed by atoms with Gasteiger partial charge in [-0.1, -0.05) is 17.8 Å². The van der Waals surface area contributed by atoms with E-state index in [4.69, 9.17) is 0 Å². The monoisotopic (exact) mass is 490 g/mol. The first-order valence-corrected chi connectivity index (χ1v) is 11.8. The Morgan fingerprint density at radius 2 is 1.57 bits per heavy atom. The summed E-state index contributed by atoms with van der Waals surface area (Å²) in [6.07, 6.45) is 3.26. The molecule has 178 valence electrons. The summed E-state index contributed by atoms with van der Waals surface area (Å²) in [5, 5.41) is 10.5. The first-order chi connectivity index (χ1) is 16.9. The van der Waals surface area contributed by atoms with E-state index < -0.39 is 0 Å². The van der Waals surface area contributed by atoms with Gasteiger partial charge in [-0.2, -0.15) is 0 Å². The fourth-order valence-corrected chi connectivity index (χ4v) is 4.14. The predicted molar refractivity (Wildman–Crippen MR) is 134 cm³/mol. The summed E-state index contributed by atoms with van der Waals surface area (Å²) < 4.78 is 14.6. The van der Waals surface area contributed by atoms with Gasteiger partial charge in [0.15, 0.2) is 11.0 Å². The molecule has 10 heteroatoms. The molecule has 0 saturated carbocycles. The summed E-state index contributed by atoms with van der Waals surface area (Å²) in [5.41, 5.74) is 4.03. The van der Waals surface area contributed by atoms with Gasteiger partial charge in [-0.15, -0.1) is 5.10 Å². The minimum Gasteiger partial charge on any atom is -0.325 e. The number of carbonyl (C=O) groups excluding carboxylic acids is 2. The number of hydrogen-bond donors (Lipinski definition) is 2. The topological polar surface area (TPSA) is 102 Å². The smallest absolute Gasteiger partial charge is 0.246 e. The van der Waals surface area contributed by atoms with E-state index in [-0.39, 0.29) is 29.9 Å². The number of carbonyl (C=O) groups is 2. The van der Waals surface area contributed by atoms with Crippen molar-refractivity contribution in [3.63, 3.8) is 0 Å². The number of aryl methyl sites for hydroxylation is 2.